The monoisotopic (exact) mass is 531 g/mol. The van der Waals surface area contributed by atoms with Crippen molar-refractivity contribution in [1.29, 1.82) is 0 Å². The zero-order chi connectivity index (χ0) is 26.5. The van der Waals surface area contributed by atoms with Crippen LogP contribution in [-0.2, 0) is 30.3 Å². The topological polar surface area (TPSA) is 76.9 Å². The minimum absolute atomic E-state index is 0.0538. The maximum absolute atomic E-state index is 14.0. The SMILES string of the molecule is CC1(C)OC[C@H]2O[C@@]3(CCCO3)[C@H](OCc3ccccc3)[C@@H](n3cc(-c4cc(F)c(F)c(F)c4)nn3)[C@H]2O1. The van der Waals surface area contributed by atoms with Crippen LogP contribution in [0.25, 0.3) is 11.3 Å². The Morgan fingerprint density at radius 1 is 1.05 bits per heavy atom. The number of hydrogen-bond donors (Lipinski definition) is 0. The fraction of sp³-hybridized carbons (Fsp3) is 0.481. The van der Waals surface area contributed by atoms with E-state index in [9.17, 15) is 13.2 Å². The standard InChI is InChI=1S/C27H28F3N3O5/c1-26(2)36-15-21-24(38-26)23(33-13-20(31-32-33)17-11-18(28)22(30)19(29)12-17)25(27(37-21)9-6-10-35-27)34-14-16-7-4-3-5-8-16/h3-5,7-8,11-13,21,23-25H,6,9-10,14-15H2,1-2H3/t21-,23+,24+,25-,27+/m1/s1. The second-order valence-corrected chi connectivity index (χ2v) is 10.3. The molecule has 5 atom stereocenters. The average molecular weight is 532 g/mol. The van der Waals surface area contributed by atoms with Crippen LogP contribution in [0.1, 0.15) is 38.3 Å². The lowest BCUT2D eigenvalue weighted by Crippen LogP contribution is -2.67. The Morgan fingerprint density at radius 2 is 1.82 bits per heavy atom. The lowest BCUT2D eigenvalue weighted by Gasteiger charge is -2.54. The van der Waals surface area contributed by atoms with Gasteiger partial charge in [-0.2, -0.15) is 0 Å². The molecule has 0 aliphatic carbocycles. The van der Waals surface area contributed by atoms with Gasteiger partial charge in [0.2, 0.25) is 0 Å². The Balaban J connectivity index is 1.41. The van der Waals surface area contributed by atoms with Crippen molar-refractivity contribution in [2.75, 3.05) is 13.2 Å². The summed E-state index contributed by atoms with van der Waals surface area (Å²) in [4.78, 5) is 0. The van der Waals surface area contributed by atoms with Crippen LogP contribution < -0.4 is 0 Å². The average Bonchev–Trinajstić information content (AvgIpc) is 3.57. The highest BCUT2D eigenvalue weighted by Gasteiger charge is 2.61. The van der Waals surface area contributed by atoms with Gasteiger partial charge < -0.3 is 23.7 Å². The number of ether oxygens (including phenoxy) is 5. The van der Waals surface area contributed by atoms with Gasteiger partial charge in [-0.05, 0) is 38.0 Å². The minimum atomic E-state index is -1.54. The van der Waals surface area contributed by atoms with E-state index in [4.69, 9.17) is 23.7 Å². The van der Waals surface area contributed by atoms with Crippen LogP contribution in [0.4, 0.5) is 13.2 Å². The summed E-state index contributed by atoms with van der Waals surface area (Å²) in [6.45, 7) is 4.67. The lowest BCUT2D eigenvalue weighted by atomic mass is 9.87. The van der Waals surface area contributed by atoms with Gasteiger partial charge in [0.15, 0.2) is 29.0 Å². The van der Waals surface area contributed by atoms with Crippen molar-refractivity contribution in [3.8, 4) is 11.3 Å². The molecule has 8 nitrogen and oxygen atoms in total. The maximum Gasteiger partial charge on any atom is 0.197 e. The molecule has 11 heteroatoms. The largest absolute Gasteiger partial charge is 0.366 e. The molecule has 38 heavy (non-hydrogen) atoms. The first kappa shape index (κ1) is 25.4. The molecule has 0 saturated carbocycles. The summed E-state index contributed by atoms with van der Waals surface area (Å²) in [7, 11) is 0. The van der Waals surface area contributed by atoms with Gasteiger partial charge in [-0.3, -0.25) is 0 Å². The van der Waals surface area contributed by atoms with E-state index in [1.54, 1.807) is 10.9 Å². The zero-order valence-electron chi connectivity index (χ0n) is 21.0. The second kappa shape index (κ2) is 9.73. The molecule has 3 aliphatic heterocycles. The van der Waals surface area contributed by atoms with Crippen molar-refractivity contribution in [1.82, 2.24) is 15.0 Å². The molecular weight excluding hydrogens is 503 g/mol. The molecule has 3 fully saturated rings. The van der Waals surface area contributed by atoms with E-state index in [2.05, 4.69) is 10.3 Å². The zero-order valence-corrected chi connectivity index (χ0v) is 21.0. The van der Waals surface area contributed by atoms with Crippen molar-refractivity contribution < 1.29 is 36.9 Å². The van der Waals surface area contributed by atoms with Gasteiger partial charge in [0.25, 0.3) is 0 Å². The van der Waals surface area contributed by atoms with E-state index < -0.39 is 53.4 Å². The van der Waals surface area contributed by atoms with Gasteiger partial charge in [0.1, 0.15) is 30.0 Å². The fourth-order valence-corrected chi connectivity index (χ4v) is 5.45. The Hall–Kier alpha value is -2.83. The molecule has 202 valence electrons. The number of hydrogen-bond acceptors (Lipinski definition) is 7. The predicted molar refractivity (Wildman–Crippen MR) is 127 cm³/mol. The Kier molecular flexibility index (Phi) is 6.51. The minimum Gasteiger partial charge on any atom is -0.366 e. The van der Waals surface area contributed by atoms with Gasteiger partial charge in [0.05, 0.1) is 26.0 Å². The van der Waals surface area contributed by atoms with Crippen LogP contribution in [0.5, 0.6) is 0 Å². The van der Waals surface area contributed by atoms with Crippen LogP contribution in [0.15, 0.2) is 48.7 Å². The maximum atomic E-state index is 14.0. The van der Waals surface area contributed by atoms with Crippen LogP contribution in [0.3, 0.4) is 0 Å². The number of benzene rings is 2. The summed E-state index contributed by atoms with van der Waals surface area (Å²) in [5.41, 5.74) is 1.18. The van der Waals surface area contributed by atoms with Gasteiger partial charge >= 0.3 is 0 Å². The Bertz CT molecular complexity index is 1280. The smallest absolute Gasteiger partial charge is 0.197 e. The molecule has 0 unspecified atom stereocenters. The number of nitrogens with zero attached hydrogens (tertiary/aromatic N) is 3. The first-order valence-corrected chi connectivity index (χ1v) is 12.6. The summed E-state index contributed by atoms with van der Waals surface area (Å²) in [6.07, 6.45) is 1.19. The Morgan fingerprint density at radius 3 is 2.53 bits per heavy atom. The molecule has 0 radical (unpaired) electrons. The van der Waals surface area contributed by atoms with Gasteiger partial charge in [0, 0.05) is 12.0 Å². The van der Waals surface area contributed by atoms with Crippen molar-refractivity contribution in [3.63, 3.8) is 0 Å². The van der Waals surface area contributed by atoms with Gasteiger partial charge in [-0.1, -0.05) is 35.5 Å². The third-order valence-electron chi connectivity index (χ3n) is 7.20. The summed E-state index contributed by atoms with van der Waals surface area (Å²) < 4.78 is 74.6. The van der Waals surface area contributed by atoms with E-state index >= 15 is 0 Å². The number of fused-ring (bicyclic) bond motifs is 1. The van der Waals surface area contributed by atoms with Crippen molar-refractivity contribution >= 4 is 0 Å². The molecule has 3 saturated heterocycles. The van der Waals surface area contributed by atoms with Crippen LogP contribution in [0.2, 0.25) is 0 Å². The van der Waals surface area contributed by atoms with Gasteiger partial charge in [-0.25, -0.2) is 17.9 Å². The van der Waals surface area contributed by atoms with E-state index in [0.29, 0.717) is 13.0 Å². The first-order chi connectivity index (χ1) is 18.2. The van der Waals surface area contributed by atoms with E-state index in [0.717, 1.165) is 24.1 Å². The highest BCUT2D eigenvalue weighted by atomic mass is 19.2. The molecule has 2 aromatic carbocycles. The summed E-state index contributed by atoms with van der Waals surface area (Å²) in [5.74, 6) is -6.13. The molecule has 0 N–H and O–H groups in total. The molecule has 3 aliphatic rings. The molecular formula is C27H28F3N3O5. The molecule has 0 bridgehead atoms. The van der Waals surface area contributed by atoms with E-state index in [1.807, 2.05) is 44.2 Å². The molecule has 1 spiro atoms. The van der Waals surface area contributed by atoms with Crippen molar-refractivity contribution in [3.05, 3.63) is 71.7 Å². The quantitative estimate of drug-likeness (QED) is 0.448. The highest BCUT2D eigenvalue weighted by molar-refractivity contribution is 5.58. The van der Waals surface area contributed by atoms with Crippen LogP contribution in [-0.4, -0.2) is 58.1 Å². The van der Waals surface area contributed by atoms with Gasteiger partial charge in [-0.15, -0.1) is 5.10 Å². The molecule has 6 rings (SSSR count). The fourth-order valence-electron chi connectivity index (χ4n) is 5.45. The summed E-state index contributed by atoms with van der Waals surface area (Å²) >= 11 is 0. The van der Waals surface area contributed by atoms with E-state index in [1.165, 1.54) is 0 Å². The molecule has 1 aromatic heterocycles. The first-order valence-electron chi connectivity index (χ1n) is 12.6. The summed E-state index contributed by atoms with van der Waals surface area (Å²) in [6, 6.07) is 10.9. The number of rotatable bonds is 5. The third kappa shape index (κ3) is 4.62. The number of halogens is 3. The highest BCUT2D eigenvalue weighted by Crippen LogP contribution is 2.48. The molecule has 4 heterocycles. The molecule has 3 aromatic rings. The Labute approximate surface area is 217 Å². The summed E-state index contributed by atoms with van der Waals surface area (Å²) in [5, 5.41) is 8.46. The van der Waals surface area contributed by atoms with Crippen LogP contribution >= 0.6 is 0 Å². The number of aromatic nitrogens is 3. The molecule has 0 amide bonds. The predicted octanol–water partition coefficient (Wildman–Crippen LogP) is 4.55. The lowest BCUT2D eigenvalue weighted by molar-refractivity contribution is -0.404. The van der Waals surface area contributed by atoms with Crippen molar-refractivity contribution in [2.24, 2.45) is 0 Å². The second-order valence-electron chi connectivity index (χ2n) is 10.3. The van der Waals surface area contributed by atoms with Crippen LogP contribution in [0, 0.1) is 17.5 Å². The normalized spacial score (nSPS) is 30.4. The van der Waals surface area contributed by atoms with Crippen molar-refractivity contribution in [2.45, 2.75) is 69.2 Å². The van der Waals surface area contributed by atoms with E-state index in [-0.39, 0.29) is 24.5 Å². The third-order valence-corrected chi connectivity index (χ3v) is 7.20.